The highest BCUT2D eigenvalue weighted by Gasteiger charge is 2.29. The van der Waals surface area contributed by atoms with E-state index in [2.05, 4.69) is 33.5 Å². The van der Waals surface area contributed by atoms with E-state index in [1.54, 1.807) is 10.9 Å². The minimum absolute atomic E-state index is 0.0338. The van der Waals surface area contributed by atoms with E-state index >= 15 is 0 Å². The Morgan fingerprint density at radius 2 is 2.14 bits per heavy atom. The number of carbonyl (C=O) groups is 1. The van der Waals surface area contributed by atoms with Crippen LogP contribution in [0.5, 0.6) is 0 Å². The Bertz CT molecular complexity index is 501. The lowest BCUT2D eigenvalue weighted by molar-refractivity contribution is -0.137. The van der Waals surface area contributed by atoms with Crippen LogP contribution in [0.25, 0.3) is 0 Å². The van der Waals surface area contributed by atoms with Gasteiger partial charge in [0.2, 0.25) is 0 Å². The van der Waals surface area contributed by atoms with Crippen molar-refractivity contribution in [3.05, 3.63) is 18.0 Å². The molecule has 5 nitrogen and oxygen atoms in total. The lowest BCUT2D eigenvalue weighted by Gasteiger charge is -2.37. The maximum atomic E-state index is 11.0. The molecule has 2 saturated heterocycles. The highest BCUT2D eigenvalue weighted by Crippen LogP contribution is 2.30. The minimum atomic E-state index is -0.825. The number of nitrogens with zero attached hydrogens (tertiary/aromatic N) is 3. The van der Waals surface area contributed by atoms with Crippen LogP contribution in [0.2, 0.25) is 0 Å². The molecule has 2 aliphatic heterocycles. The van der Waals surface area contributed by atoms with Crippen LogP contribution in [-0.2, 0) is 11.3 Å². The smallest absolute Gasteiger partial charge is 0.325 e. The second-order valence-corrected chi connectivity index (χ2v) is 8.24. The number of thioether (sulfide) groups is 2. The summed E-state index contributed by atoms with van der Waals surface area (Å²) in [5, 5.41) is 13.2. The Kier molecular flexibility index (Phi) is 5.71. The number of likely N-dealkylation sites (tertiary alicyclic amines) is 1. The van der Waals surface area contributed by atoms with Gasteiger partial charge in [-0.25, -0.2) is 0 Å². The molecular weight excluding hydrogens is 318 g/mol. The first-order valence-corrected chi connectivity index (χ1v) is 10.2. The van der Waals surface area contributed by atoms with Crippen molar-refractivity contribution < 1.29 is 9.90 Å². The lowest BCUT2D eigenvalue weighted by atomic mass is 9.94. The van der Waals surface area contributed by atoms with Gasteiger partial charge in [-0.1, -0.05) is 0 Å². The number of aromatic nitrogens is 2. The summed E-state index contributed by atoms with van der Waals surface area (Å²) in [7, 11) is 0. The molecule has 0 aliphatic carbocycles. The predicted octanol–water partition coefficient (Wildman–Crippen LogP) is 2.00. The molecule has 0 aromatic carbocycles. The molecule has 1 N–H and O–H groups in total. The number of carboxylic acid groups (broad SMARTS) is 1. The average molecular weight is 342 g/mol. The summed E-state index contributed by atoms with van der Waals surface area (Å²) in [6.07, 6.45) is 4.05. The monoisotopic (exact) mass is 341 g/mol. The molecule has 1 aromatic rings. The Hall–Kier alpha value is -0.660. The standard InChI is InChI=1S/C15H23N3O2S2/c19-15(20)9-18-14(3-4-16-18)12-2-1-5-17(8-12)13-10-21-6-7-22-11-13/h3-4,12-13H,1-2,5-11H2,(H,19,20). The Balaban J connectivity index is 1.67. The first-order chi connectivity index (χ1) is 10.7. The van der Waals surface area contributed by atoms with Gasteiger partial charge in [-0.05, 0) is 25.5 Å². The maximum absolute atomic E-state index is 11.0. The van der Waals surface area contributed by atoms with Crippen LogP contribution in [0.15, 0.2) is 12.3 Å². The maximum Gasteiger partial charge on any atom is 0.325 e. The molecule has 0 spiro atoms. The van der Waals surface area contributed by atoms with E-state index < -0.39 is 5.97 Å². The van der Waals surface area contributed by atoms with E-state index in [0.29, 0.717) is 12.0 Å². The quantitative estimate of drug-likeness (QED) is 0.904. The largest absolute Gasteiger partial charge is 0.480 e. The average Bonchev–Trinajstić information content (AvgIpc) is 2.80. The summed E-state index contributed by atoms with van der Waals surface area (Å²) >= 11 is 4.14. The van der Waals surface area contributed by atoms with E-state index in [1.165, 1.54) is 36.0 Å². The second kappa shape index (κ2) is 7.75. The molecule has 1 unspecified atom stereocenters. The van der Waals surface area contributed by atoms with E-state index in [1.807, 2.05) is 6.07 Å². The first-order valence-electron chi connectivity index (χ1n) is 7.87. The van der Waals surface area contributed by atoms with Crippen molar-refractivity contribution in [2.24, 2.45) is 0 Å². The summed E-state index contributed by atoms with van der Waals surface area (Å²) < 4.78 is 1.66. The SMILES string of the molecule is O=C(O)Cn1nccc1C1CCCN(C2CSCCSC2)C1. The summed E-state index contributed by atoms with van der Waals surface area (Å²) in [6.45, 7) is 2.18. The van der Waals surface area contributed by atoms with Gasteiger partial charge >= 0.3 is 5.97 Å². The van der Waals surface area contributed by atoms with Crippen molar-refractivity contribution in [2.75, 3.05) is 36.1 Å². The van der Waals surface area contributed by atoms with Crippen molar-refractivity contribution in [3.8, 4) is 0 Å². The van der Waals surface area contributed by atoms with Gasteiger partial charge in [0.15, 0.2) is 0 Å². The summed E-state index contributed by atoms with van der Waals surface area (Å²) in [4.78, 5) is 13.6. The van der Waals surface area contributed by atoms with Gasteiger partial charge in [0.05, 0.1) is 0 Å². The fourth-order valence-electron chi connectivity index (χ4n) is 3.34. The molecule has 2 fully saturated rings. The summed E-state index contributed by atoms with van der Waals surface area (Å²) in [5.74, 6) is 4.58. The van der Waals surface area contributed by atoms with E-state index in [0.717, 1.165) is 18.7 Å². The summed E-state index contributed by atoms with van der Waals surface area (Å²) in [5.41, 5.74) is 1.08. The molecule has 3 heterocycles. The molecular formula is C15H23N3O2S2. The molecule has 7 heteroatoms. The molecule has 122 valence electrons. The van der Waals surface area contributed by atoms with Gasteiger partial charge in [-0.3, -0.25) is 14.4 Å². The molecule has 3 rings (SSSR count). The zero-order valence-electron chi connectivity index (χ0n) is 12.7. The highest BCUT2D eigenvalue weighted by molar-refractivity contribution is 8.03. The van der Waals surface area contributed by atoms with E-state index in [9.17, 15) is 4.79 Å². The predicted molar refractivity (Wildman–Crippen MR) is 91.8 cm³/mol. The van der Waals surface area contributed by atoms with Crippen molar-refractivity contribution >= 4 is 29.5 Å². The Morgan fingerprint density at radius 1 is 1.36 bits per heavy atom. The highest BCUT2D eigenvalue weighted by atomic mass is 32.2. The summed E-state index contributed by atoms with van der Waals surface area (Å²) in [6, 6.07) is 2.66. The normalized spacial score (nSPS) is 25.0. The fourth-order valence-corrected chi connectivity index (χ4v) is 5.97. The molecule has 0 radical (unpaired) electrons. The number of aliphatic carboxylic acids is 1. The van der Waals surface area contributed by atoms with Gasteiger partial charge in [-0.2, -0.15) is 28.6 Å². The van der Waals surface area contributed by atoms with Crippen LogP contribution in [0.1, 0.15) is 24.5 Å². The Morgan fingerprint density at radius 3 is 2.86 bits per heavy atom. The third kappa shape index (κ3) is 4.00. The molecule has 1 aromatic heterocycles. The van der Waals surface area contributed by atoms with E-state index in [4.69, 9.17) is 5.11 Å². The van der Waals surface area contributed by atoms with Gasteiger partial charge in [0, 0.05) is 53.4 Å². The van der Waals surface area contributed by atoms with Crippen molar-refractivity contribution in [2.45, 2.75) is 31.3 Å². The van der Waals surface area contributed by atoms with E-state index in [-0.39, 0.29) is 6.54 Å². The molecule has 2 aliphatic rings. The van der Waals surface area contributed by atoms with Crippen LogP contribution in [-0.4, -0.2) is 67.9 Å². The van der Waals surface area contributed by atoms with Crippen LogP contribution in [0.3, 0.4) is 0 Å². The van der Waals surface area contributed by atoms with Crippen LogP contribution in [0, 0.1) is 0 Å². The van der Waals surface area contributed by atoms with Gasteiger partial charge in [0.1, 0.15) is 6.54 Å². The molecule has 1 atom stereocenters. The third-order valence-electron chi connectivity index (χ3n) is 4.41. The zero-order valence-corrected chi connectivity index (χ0v) is 14.3. The topological polar surface area (TPSA) is 58.4 Å². The van der Waals surface area contributed by atoms with Crippen molar-refractivity contribution in [1.82, 2.24) is 14.7 Å². The van der Waals surface area contributed by atoms with Gasteiger partial charge < -0.3 is 5.11 Å². The number of rotatable bonds is 4. The third-order valence-corrected chi connectivity index (χ3v) is 6.90. The Labute approximate surface area is 139 Å². The molecule has 0 amide bonds. The second-order valence-electron chi connectivity index (χ2n) is 5.95. The molecule has 0 bridgehead atoms. The van der Waals surface area contributed by atoms with Gasteiger partial charge in [-0.15, -0.1) is 0 Å². The van der Waals surface area contributed by atoms with Crippen molar-refractivity contribution in [3.63, 3.8) is 0 Å². The van der Waals surface area contributed by atoms with Crippen LogP contribution in [0.4, 0.5) is 0 Å². The van der Waals surface area contributed by atoms with Crippen LogP contribution < -0.4 is 0 Å². The molecule has 0 saturated carbocycles. The zero-order chi connectivity index (χ0) is 15.4. The lowest BCUT2D eigenvalue weighted by Crippen LogP contribution is -2.44. The number of hydrogen-bond acceptors (Lipinski definition) is 5. The fraction of sp³-hybridized carbons (Fsp3) is 0.733. The van der Waals surface area contributed by atoms with Gasteiger partial charge in [0.25, 0.3) is 0 Å². The molecule has 22 heavy (non-hydrogen) atoms. The van der Waals surface area contributed by atoms with Crippen molar-refractivity contribution in [1.29, 1.82) is 0 Å². The first kappa shape index (κ1) is 16.2. The minimum Gasteiger partial charge on any atom is -0.480 e. The number of piperidine rings is 1. The van der Waals surface area contributed by atoms with Crippen LogP contribution >= 0.6 is 23.5 Å². The number of carboxylic acids is 1. The number of hydrogen-bond donors (Lipinski definition) is 1.